The van der Waals surface area contributed by atoms with Gasteiger partial charge in [0.15, 0.2) is 6.54 Å². The first-order chi connectivity index (χ1) is 14.8. The number of likely N-dealkylation sites (N-methyl/N-ethyl adjacent to an activating group) is 1. The van der Waals surface area contributed by atoms with Gasteiger partial charge in [0, 0.05) is 25.3 Å². The van der Waals surface area contributed by atoms with Crippen molar-refractivity contribution < 1.29 is 19.3 Å². The topological polar surface area (TPSA) is 86.2 Å². The van der Waals surface area contributed by atoms with E-state index in [-0.39, 0.29) is 6.54 Å². The van der Waals surface area contributed by atoms with Gasteiger partial charge >= 0.3 is 6.03 Å². The maximum absolute atomic E-state index is 13.1. The predicted molar refractivity (Wildman–Crippen MR) is 118 cm³/mol. The van der Waals surface area contributed by atoms with Gasteiger partial charge in [0.2, 0.25) is 0 Å². The molecule has 1 aliphatic rings. The van der Waals surface area contributed by atoms with Gasteiger partial charge in [-0.15, -0.1) is 0 Å². The Hall–Kier alpha value is -3.39. The summed E-state index contributed by atoms with van der Waals surface area (Å²) in [5, 5.41) is 3.56. The van der Waals surface area contributed by atoms with Gasteiger partial charge in [-0.25, -0.2) is 4.79 Å². The Morgan fingerprint density at radius 3 is 2.32 bits per heavy atom. The van der Waals surface area contributed by atoms with Crippen molar-refractivity contribution in [1.29, 1.82) is 0 Å². The summed E-state index contributed by atoms with van der Waals surface area (Å²) in [6.07, 6.45) is 0.377. The van der Waals surface area contributed by atoms with E-state index in [4.69, 9.17) is 0 Å². The van der Waals surface area contributed by atoms with Crippen LogP contribution in [0.2, 0.25) is 0 Å². The molecular weight excluding hydrogens is 394 g/mol. The molecule has 0 aliphatic carbocycles. The second-order valence-corrected chi connectivity index (χ2v) is 8.10. The molecule has 1 aliphatic heterocycles. The lowest BCUT2D eigenvalue weighted by Crippen LogP contribution is -3.09. The fourth-order valence-electron chi connectivity index (χ4n) is 3.80. The summed E-state index contributed by atoms with van der Waals surface area (Å²) in [5.74, 6) is -0.873. The van der Waals surface area contributed by atoms with Gasteiger partial charge in [0.05, 0.1) is 7.05 Å². The molecular formula is C23H30N5O3+. The minimum atomic E-state index is -1.17. The number of hydrogen-bond acceptors (Lipinski definition) is 4. The summed E-state index contributed by atoms with van der Waals surface area (Å²) >= 11 is 0. The molecule has 8 nitrogen and oxygen atoms in total. The molecule has 164 valence electrons. The van der Waals surface area contributed by atoms with E-state index in [2.05, 4.69) is 10.7 Å². The largest absolute Gasteiger partial charge is 0.378 e. The summed E-state index contributed by atoms with van der Waals surface area (Å²) in [6, 6.07) is 16.6. The van der Waals surface area contributed by atoms with Crippen molar-refractivity contribution >= 4 is 23.5 Å². The highest BCUT2D eigenvalue weighted by Gasteiger charge is 2.52. The Kier molecular flexibility index (Phi) is 6.60. The highest BCUT2D eigenvalue weighted by Crippen LogP contribution is 2.31. The first kappa shape index (κ1) is 22.3. The van der Waals surface area contributed by atoms with E-state index in [0.29, 0.717) is 18.5 Å². The van der Waals surface area contributed by atoms with E-state index in [1.807, 2.05) is 75.4 Å². The monoisotopic (exact) mass is 424 g/mol. The predicted octanol–water partition coefficient (Wildman–Crippen LogP) is 0.656. The van der Waals surface area contributed by atoms with Crippen molar-refractivity contribution in [2.45, 2.75) is 25.4 Å². The average Bonchev–Trinajstić information content (AvgIpc) is 2.99. The van der Waals surface area contributed by atoms with Gasteiger partial charge in [0.25, 0.3) is 11.8 Å². The number of benzene rings is 2. The molecule has 2 atom stereocenters. The lowest BCUT2D eigenvalue weighted by molar-refractivity contribution is -0.885. The van der Waals surface area contributed by atoms with Crippen LogP contribution in [0.1, 0.15) is 24.5 Å². The Balaban J connectivity index is 1.62. The first-order valence-electron chi connectivity index (χ1n) is 10.4. The number of anilines is 1. The zero-order valence-electron chi connectivity index (χ0n) is 18.4. The highest BCUT2D eigenvalue weighted by molar-refractivity contribution is 6.08. The van der Waals surface area contributed by atoms with Crippen LogP contribution in [0.3, 0.4) is 0 Å². The number of amides is 4. The van der Waals surface area contributed by atoms with Gasteiger partial charge in [-0.2, -0.15) is 5.01 Å². The second-order valence-electron chi connectivity index (χ2n) is 8.10. The molecule has 0 spiro atoms. The molecule has 1 heterocycles. The van der Waals surface area contributed by atoms with Crippen molar-refractivity contribution in [3.63, 3.8) is 0 Å². The van der Waals surface area contributed by atoms with Crippen LogP contribution in [-0.4, -0.2) is 50.5 Å². The van der Waals surface area contributed by atoms with Gasteiger partial charge in [-0.3, -0.25) is 15.0 Å². The zero-order valence-corrected chi connectivity index (χ0v) is 18.4. The molecule has 1 fully saturated rings. The quantitative estimate of drug-likeness (QED) is 0.544. The van der Waals surface area contributed by atoms with Gasteiger partial charge in [-0.1, -0.05) is 49.4 Å². The molecule has 3 N–H and O–H groups in total. The number of nitrogens with one attached hydrogen (secondary N) is 3. The number of carbonyl (C=O) groups is 3. The van der Waals surface area contributed by atoms with E-state index in [0.717, 1.165) is 21.2 Å². The first-order valence-corrected chi connectivity index (χ1v) is 10.4. The van der Waals surface area contributed by atoms with Crippen LogP contribution < -0.4 is 20.5 Å². The number of hydrazine groups is 1. The normalized spacial score (nSPS) is 19.2. The molecule has 1 unspecified atom stereocenters. The summed E-state index contributed by atoms with van der Waals surface area (Å²) in [6.45, 7) is 2.59. The van der Waals surface area contributed by atoms with E-state index >= 15 is 0 Å². The van der Waals surface area contributed by atoms with Crippen molar-refractivity contribution in [2.24, 2.45) is 0 Å². The van der Waals surface area contributed by atoms with Gasteiger partial charge in [0.1, 0.15) is 12.1 Å². The van der Waals surface area contributed by atoms with Crippen LogP contribution in [-0.2, 0) is 21.7 Å². The molecule has 0 saturated carbocycles. The van der Waals surface area contributed by atoms with Crippen LogP contribution in [0.4, 0.5) is 10.5 Å². The number of imide groups is 1. The number of urea groups is 1. The Morgan fingerprint density at radius 2 is 1.74 bits per heavy atom. The fourth-order valence-corrected chi connectivity index (χ4v) is 3.80. The lowest BCUT2D eigenvalue weighted by atomic mass is 9.87. The van der Waals surface area contributed by atoms with Crippen LogP contribution in [0, 0.1) is 0 Å². The van der Waals surface area contributed by atoms with Crippen molar-refractivity contribution in [3.05, 3.63) is 65.7 Å². The second kappa shape index (κ2) is 9.18. The summed E-state index contributed by atoms with van der Waals surface area (Å²) < 4.78 is 0. The maximum atomic E-state index is 13.1. The minimum Gasteiger partial charge on any atom is -0.378 e. The van der Waals surface area contributed by atoms with Crippen LogP contribution in [0.5, 0.6) is 0 Å². The third-order valence-electron chi connectivity index (χ3n) is 5.55. The molecule has 3 rings (SSSR count). The molecule has 4 amide bonds. The number of rotatable bonds is 8. The molecule has 2 aromatic carbocycles. The number of quaternary nitrogens is 1. The Labute approximate surface area is 182 Å². The van der Waals surface area contributed by atoms with Gasteiger partial charge in [-0.05, 0) is 24.1 Å². The number of carbonyl (C=O) groups excluding carboxylic acids is 3. The third kappa shape index (κ3) is 4.69. The molecule has 0 aromatic heterocycles. The number of hydrogen-bond donors (Lipinski definition) is 3. The van der Waals surface area contributed by atoms with Crippen LogP contribution in [0.15, 0.2) is 54.6 Å². The number of nitrogens with zero attached hydrogens (tertiary/aromatic N) is 2. The fraction of sp³-hybridized carbons (Fsp3) is 0.348. The van der Waals surface area contributed by atoms with E-state index < -0.39 is 23.4 Å². The van der Waals surface area contributed by atoms with E-state index in [1.165, 1.54) is 0 Å². The lowest BCUT2D eigenvalue weighted by Gasteiger charge is -2.25. The SMILES string of the molecule is CC[C@@]1(c2ccccc2)NC(=O)N(NC(=O)C[NH+](C)Cc2ccc(N(C)C)cc2)C1=O. The van der Waals surface area contributed by atoms with Crippen molar-refractivity contribution in [1.82, 2.24) is 15.8 Å². The van der Waals surface area contributed by atoms with E-state index in [9.17, 15) is 14.4 Å². The van der Waals surface area contributed by atoms with Crippen molar-refractivity contribution in [2.75, 3.05) is 32.6 Å². The molecule has 0 radical (unpaired) electrons. The average molecular weight is 425 g/mol. The van der Waals surface area contributed by atoms with Gasteiger partial charge < -0.3 is 15.1 Å². The summed E-state index contributed by atoms with van der Waals surface area (Å²) in [5.41, 5.74) is 4.21. The Morgan fingerprint density at radius 1 is 1.10 bits per heavy atom. The zero-order chi connectivity index (χ0) is 22.6. The Bertz CT molecular complexity index is 945. The maximum Gasteiger partial charge on any atom is 0.344 e. The molecule has 2 aromatic rings. The smallest absolute Gasteiger partial charge is 0.344 e. The standard InChI is InChI=1S/C23H29N5O3/c1-5-23(18-9-7-6-8-10-18)21(30)28(22(31)24-23)25-20(29)16-27(4)15-17-11-13-19(14-12-17)26(2)3/h6-14H,5,15-16H2,1-4H3,(H,24,31)(H,25,29)/p+1/t23-/m0/s1. The molecule has 31 heavy (non-hydrogen) atoms. The van der Waals surface area contributed by atoms with Crippen LogP contribution >= 0.6 is 0 Å². The highest BCUT2D eigenvalue weighted by atomic mass is 16.2. The molecule has 0 bridgehead atoms. The summed E-state index contributed by atoms with van der Waals surface area (Å²) in [7, 11) is 5.86. The molecule has 1 saturated heterocycles. The minimum absolute atomic E-state index is 0.122. The molecule has 8 heteroatoms. The van der Waals surface area contributed by atoms with Crippen LogP contribution in [0.25, 0.3) is 0 Å². The van der Waals surface area contributed by atoms with Crippen molar-refractivity contribution in [3.8, 4) is 0 Å². The van der Waals surface area contributed by atoms with E-state index in [1.54, 1.807) is 12.1 Å². The summed E-state index contributed by atoms with van der Waals surface area (Å²) in [4.78, 5) is 41.1. The third-order valence-corrected chi connectivity index (χ3v) is 5.55.